The van der Waals surface area contributed by atoms with E-state index in [2.05, 4.69) is 26.8 Å². The molecule has 1 aliphatic rings. The number of hydrogen-bond donors (Lipinski definition) is 2. The second-order valence-corrected chi connectivity index (χ2v) is 5.59. The van der Waals surface area contributed by atoms with E-state index in [1.54, 1.807) is 6.08 Å². The van der Waals surface area contributed by atoms with E-state index in [-0.39, 0.29) is 0 Å². The van der Waals surface area contributed by atoms with Gasteiger partial charge >= 0.3 is 0 Å². The number of rotatable bonds is 4. The first-order valence-corrected chi connectivity index (χ1v) is 6.32. The highest BCUT2D eigenvalue weighted by Crippen LogP contribution is 2.43. The van der Waals surface area contributed by atoms with Gasteiger partial charge in [0.15, 0.2) is 0 Å². The van der Waals surface area contributed by atoms with Crippen molar-refractivity contribution in [2.75, 3.05) is 0 Å². The summed E-state index contributed by atoms with van der Waals surface area (Å²) in [5, 5.41) is 17.8. The Balaban J connectivity index is 2.66. The van der Waals surface area contributed by atoms with Gasteiger partial charge in [0.25, 0.3) is 0 Å². The topological polar surface area (TPSA) is 40.5 Å². The van der Waals surface area contributed by atoms with Crippen LogP contribution in [0.15, 0.2) is 35.8 Å². The van der Waals surface area contributed by atoms with Gasteiger partial charge in [0.05, 0.1) is 12.5 Å². The van der Waals surface area contributed by atoms with E-state index in [1.165, 1.54) is 18.4 Å². The molecule has 2 N–H and O–H groups in total. The Bertz CT molecular complexity index is 335. The summed E-state index contributed by atoms with van der Waals surface area (Å²) in [6.07, 6.45) is 10.2. The zero-order chi connectivity index (χ0) is 12.9. The first-order chi connectivity index (χ1) is 8.01. The molecule has 0 bridgehead atoms. The molecule has 0 spiro atoms. The van der Waals surface area contributed by atoms with Crippen LogP contribution in [0.5, 0.6) is 0 Å². The van der Waals surface area contributed by atoms with Crippen molar-refractivity contribution in [2.45, 2.75) is 46.5 Å². The number of allylic oxidation sites excluding steroid dienone is 4. The highest BCUT2D eigenvalue weighted by atomic mass is 16.2. The molecule has 0 saturated carbocycles. The molecule has 96 valence electrons. The van der Waals surface area contributed by atoms with E-state index in [9.17, 15) is 0 Å². The van der Waals surface area contributed by atoms with Crippen molar-refractivity contribution < 1.29 is 10.2 Å². The molecular formula is C15H24O2. The quantitative estimate of drug-likeness (QED) is 0.423. The Hall–Kier alpha value is -1.18. The van der Waals surface area contributed by atoms with Crippen LogP contribution in [0.2, 0.25) is 0 Å². The Morgan fingerprint density at radius 2 is 2.18 bits per heavy atom. The van der Waals surface area contributed by atoms with Gasteiger partial charge in [0, 0.05) is 0 Å². The van der Waals surface area contributed by atoms with Crippen LogP contribution in [0, 0.1) is 11.3 Å². The second kappa shape index (κ2) is 5.95. The predicted octanol–water partition coefficient (Wildman–Crippen LogP) is 4.66. The molecule has 0 amide bonds. The molecule has 0 aromatic rings. The molecular weight excluding hydrogens is 212 g/mol. The standard InChI is InChI=1S/C15H24O2/c1-12-5-4-9-15(2,3)14(12)7-6-13(11-17)8-10-16/h5,8,10-11,14,16-17H,4,6-7,9H2,1-3H3. The zero-order valence-electron chi connectivity index (χ0n) is 11.1. The van der Waals surface area contributed by atoms with E-state index in [0.717, 1.165) is 30.9 Å². The van der Waals surface area contributed by atoms with Gasteiger partial charge in [-0.05, 0) is 55.6 Å². The Morgan fingerprint density at radius 3 is 2.71 bits per heavy atom. The van der Waals surface area contributed by atoms with Crippen LogP contribution in [0.4, 0.5) is 0 Å². The van der Waals surface area contributed by atoms with Crippen molar-refractivity contribution in [3.8, 4) is 0 Å². The molecule has 1 atom stereocenters. The van der Waals surface area contributed by atoms with Gasteiger partial charge in [-0.15, -0.1) is 0 Å². The van der Waals surface area contributed by atoms with E-state index in [4.69, 9.17) is 10.2 Å². The highest BCUT2D eigenvalue weighted by molar-refractivity contribution is 5.17. The fourth-order valence-corrected chi connectivity index (χ4v) is 2.82. The summed E-state index contributed by atoms with van der Waals surface area (Å²) < 4.78 is 0. The third-order valence-electron chi connectivity index (χ3n) is 3.92. The minimum absolute atomic E-state index is 0.336. The van der Waals surface area contributed by atoms with Gasteiger partial charge in [-0.1, -0.05) is 25.5 Å². The molecule has 17 heavy (non-hydrogen) atoms. The number of hydrogen-bond acceptors (Lipinski definition) is 2. The molecule has 2 heteroatoms. The van der Waals surface area contributed by atoms with Gasteiger partial charge in [0.1, 0.15) is 0 Å². The van der Waals surface area contributed by atoms with Crippen LogP contribution in [-0.4, -0.2) is 10.2 Å². The van der Waals surface area contributed by atoms with E-state index >= 15 is 0 Å². The Kier molecular flexibility index (Phi) is 4.86. The van der Waals surface area contributed by atoms with E-state index in [0.29, 0.717) is 11.3 Å². The van der Waals surface area contributed by atoms with Crippen LogP contribution in [0.1, 0.15) is 46.5 Å². The monoisotopic (exact) mass is 236 g/mol. The summed E-state index contributed by atoms with van der Waals surface area (Å²) in [4.78, 5) is 0. The maximum Gasteiger partial charge on any atom is 0.0824 e. The molecule has 0 aromatic heterocycles. The second-order valence-electron chi connectivity index (χ2n) is 5.59. The predicted molar refractivity (Wildman–Crippen MR) is 72.0 cm³/mol. The summed E-state index contributed by atoms with van der Waals surface area (Å²) in [6.45, 7) is 6.84. The van der Waals surface area contributed by atoms with E-state index in [1.807, 2.05) is 0 Å². The molecule has 0 saturated heterocycles. The molecule has 1 aliphatic carbocycles. The maximum absolute atomic E-state index is 9.04. The van der Waals surface area contributed by atoms with Crippen molar-refractivity contribution in [1.29, 1.82) is 0 Å². The molecule has 2 nitrogen and oxygen atoms in total. The molecule has 0 aliphatic heterocycles. The molecule has 1 unspecified atom stereocenters. The van der Waals surface area contributed by atoms with Crippen molar-refractivity contribution in [3.05, 3.63) is 35.8 Å². The smallest absolute Gasteiger partial charge is 0.0824 e. The zero-order valence-corrected chi connectivity index (χ0v) is 11.1. The average molecular weight is 236 g/mol. The first kappa shape index (κ1) is 13.9. The Labute approximate surface area is 104 Å². The van der Waals surface area contributed by atoms with Crippen LogP contribution in [0.3, 0.4) is 0 Å². The molecule has 0 fully saturated rings. The summed E-state index contributed by atoms with van der Waals surface area (Å²) >= 11 is 0. The van der Waals surface area contributed by atoms with Gasteiger partial charge in [-0.3, -0.25) is 0 Å². The largest absolute Gasteiger partial charge is 0.516 e. The minimum atomic E-state index is 0.336. The van der Waals surface area contributed by atoms with Crippen molar-refractivity contribution in [2.24, 2.45) is 11.3 Å². The molecule has 1 rings (SSSR count). The van der Waals surface area contributed by atoms with Gasteiger partial charge in [-0.25, -0.2) is 0 Å². The third-order valence-corrected chi connectivity index (χ3v) is 3.92. The summed E-state index contributed by atoms with van der Waals surface area (Å²) in [5.74, 6) is 0.568. The lowest BCUT2D eigenvalue weighted by atomic mass is 9.67. The van der Waals surface area contributed by atoms with Crippen molar-refractivity contribution >= 4 is 0 Å². The maximum atomic E-state index is 9.04. The average Bonchev–Trinajstić information content (AvgIpc) is 2.26. The summed E-state index contributed by atoms with van der Waals surface area (Å²) in [7, 11) is 0. The lowest BCUT2D eigenvalue weighted by Crippen LogP contribution is -2.27. The van der Waals surface area contributed by atoms with Gasteiger partial charge in [-0.2, -0.15) is 0 Å². The van der Waals surface area contributed by atoms with Crippen LogP contribution < -0.4 is 0 Å². The lowest BCUT2D eigenvalue weighted by molar-refractivity contribution is 0.204. The highest BCUT2D eigenvalue weighted by Gasteiger charge is 2.32. The van der Waals surface area contributed by atoms with Crippen molar-refractivity contribution in [1.82, 2.24) is 0 Å². The lowest BCUT2D eigenvalue weighted by Gasteiger charge is -2.38. The minimum Gasteiger partial charge on any atom is -0.516 e. The Morgan fingerprint density at radius 1 is 1.47 bits per heavy atom. The fourth-order valence-electron chi connectivity index (χ4n) is 2.82. The first-order valence-electron chi connectivity index (χ1n) is 6.32. The van der Waals surface area contributed by atoms with Crippen LogP contribution in [0.25, 0.3) is 0 Å². The third kappa shape index (κ3) is 3.65. The van der Waals surface area contributed by atoms with Crippen LogP contribution in [-0.2, 0) is 0 Å². The molecule has 0 heterocycles. The van der Waals surface area contributed by atoms with Gasteiger partial charge < -0.3 is 10.2 Å². The number of aliphatic hydroxyl groups excluding tert-OH is 2. The van der Waals surface area contributed by atoms with E-state index < -0.39 is 0 Å². The van der Waals surface area contributed by atoms with Crippen molar-refractivity contribution in [3.63, 3.8) is 0 Å². The normalized spacial score (nSPS) is 25.0. The molecule has 0 radical (unpaired) electrons. The number of aliphatic hydroxyl groups is 2. The summed E-state index contributed by atoms with van der Waals surface area (Å²) in [5.41, 5.74) is 2.58. The summed E-state index contributed by atoms with van der Waals surface area (Å²) in [6, 6.07) is 0. The molecule has 0 aromatic carbocycles. The fraction of sp³-hybridized carbons (Fsp3) is 0.600. The van der Waals surface area contributed by atoms with Crippen LogP contribution >= 0.6 is 0 Å². The SMILES string of the molecule is CC1=CCCC(C)(C)C1CCC(C=CO)=CO. The van der Waals surface area contributed by atoms with Gasteiger partial charge in [0.2, 0.25) is 0 Å².